The standard InChI is InChI=1S/C19H16ClN5O3S2/c20-18-17-11(3-6-22-18)8-16(29-17)30(27,28)24-14-4-7-25(19(14)26)10-12-9-15-13(23-12)2-1-5-21-15/h1-3,5-6,8-9,14,23-24H,4,7,10H2/t14-/m0/s1. The first-order valence-corrected chi connectivity index (χ1v) is 11.9. The minimum Gasteiger partial charge on any atom is -0.356 e. The van der Waals surface area contributed by atoms with Crippen LogP contribution in [0.5, 0.6) is 0 Å². The molecule has 154 valence electrons. The zero-order valence-corrected chi connectivity index (χ0v) is 17.9. The van der Waals surface area contributed by atoms with E-state index in [1.807, 2.05) is 18.2 Å². The predicted molar refractivity (Wildman–Crippen MR) is 115 cm³/mol. The van der Waals surface area contributed by atoms with E-state index < -0.39 is 16.1 Å². The second-order valence-corrected chi connectivity index (χ2v) is 10.4. The van der Waals surface area contributed by atoms with Crippen molar-refractivity contribution in [1.29, 1.82) is 0 Å². The summed E-state index contributed by atoms with van der Waals surface area (Å²) in [5.74, 6) is -0.244. The fourth-order valence-corrected chi connectivity index (χ4v) is 6.47. The molecule has 5 rings (SSSR count). The number of aromatic nitrogens is 3. The Bertz CT molecular complexity index is 1350. The lowest BCUT2D eigenvalue weighted by Gasteiger charge is -2.16. The minimum atomic E-state index is -3.86. The summed E-state index contributed by atoms with van der Waals surface area (Å²) in [6, 6.07) is 8.11. The molecule has 0 unspecified atom stereocenters. The van der Waals surface area contributed by atoms with Crippen LogP contribution in [0.4, 0.5) is 0 Å². The molecule has 8 nitrogen and oxygen atoms in total. The number of halogens is 1. The van der Waals surface area contributed by atoms with Crippen LogP contribution in [0.3, 0.4) is 0 Å². The molecule has 1 saturated heterocycles. The van der Waals surface area contributed by atoms with Crippen LogP contribution in [-0.2, 0) is 21.4 Å². The lowest BCUT2D eigenvalue weighted by molar-refractivity contribution is -0.129. The van der Waals surface area contributed by atoms with Gasteiger partial charge in [0.05, 0.1) is 22.3 Å². The molecular weight excluding hydrogens is 446 g/mol. The highest BCUT2D eigenvalue weighted by Gasteiger charge is 2.35. The summed E-state index contributed by atoms with van der Waals surface area (Å²) in [5.41, 5.74) is 2.58. The average molecular weight is 462 g/mol. The summed E-state index contributed by atoms with van der Waals surface area (Å²) in [5, 5.41) is 0.960. The number of sulfonamides is 1. The van der Waals surface area contributed by atoms with E-state index in [0.717, 1.165) is 28.1 Å². The average Bonchev–Trinajstić information content (AvgIpc) is 3.41. The number of hydrogen-bond donors (Lipinski definition) is 2. The molecule has 0 bridgehead atoms. The second-order valence-electron chi connectivity index (χ2n) is 7.04. The Morgan fingerprint density at radius 1 is 1.27 bits per heavy atom. The van der Waals surface area contributed by atoms with Crippen molar-refractivity contribution in [2.75, 3.05) is 6.54 Å². The molecule has 1 atom stereocenters. The second kappa shape index (κ2) is 7.31. The topological polar surface area (TPSA) is 108 Å². The van der Waals surface area contributed by atoms with Gasteiger partial charge in [-0.3, -0.25) is 9.78 Å². The van der Waals surface area contributed by atoms with Gasteiger partial charge >= 0.3 is 0 Å². The maximum Gasteiger partial charge on any atom is 0.250 e. The van der Waals surface area contributed by atoms with Crippen LogP contribution in [0.25, 0.3) is 21.1 Å². The fraction of sp³-hybridized carbons (Fsp3) is 0.211. The number of nitrogens with one attached hydrogen (secondary N) is 2. The van der Waals surface area contributed by atoms with Crippen LogP contribution in [0, 0.1) is 0 Å². The molecule has 2 N–H and O–H groups in total. The SMILES string of the molecule is O=C1[C@@H](NS(=O)(=O)c2cc3ccnc(Cl)c3s2)CCN1Cc1cc2ncccc2[nH]1. The van der Waals surface area contributed by atoms with Gasteiger partial charge in [-0.25, -0.2) is 13.4 Å². The molecule has 1 aliphatic rings. The minimum absolute atomic E-state index is 0.111. The first kappa shape index (κ1) is 19.4. The normalized spacial score (nSPS) is 17.4. The van der Waals surface area contributed by atoms with E-state index >= 15 is 0 Å². The van der Waals surface area contributed by atoms with Gasteiger partial charge in [0.2, 0.25) is 5.91 Å². The largest absolute Gasteiger partial charge is 0.356 e. The molecule has 5 heterocycles. The number of carbonyl (C=O) groups excluding carboxylic acids is 1. The molecule has 0 aliphatic carbocycles. The number of H-pyrrole nitrogens is 1. The molecule has 1 amide bonds. The Labute approximate surface area is 180 Å². The van der Waals surface area contributed by atoms with Crippen LogP contribution in [0.1, 0.15) is 12.1 Å². The molecule has 1 aliphatic heterocycles. The molecule has 0 spiro atoms. The third-order valence-corrected chi connectivity index (χ3v) is 8.53. The zero-order chi connectivity index (χ0) is 20.9. The summed E-state index contributed by atoms with van der Waals surface area (Å²) in [6.07, 6.45) is 3.64. The summed E-state index contributed by atoms with van der Waals surface area (Å²) < 4.78 is 29.0. The van der Waals surface area contributed by atoms with Gasteiger partial charge in [0.25, 0.3) is 10.0 Å². The molecule has 11 heteroatoms. The monoisotopic (exact) mass is 461 g/mol. The lowest BCUT2D eigenvalue weighted by atomic mass is 10.3. The van der Waals surface area contributed by atoms with Crippen molar-refractivity contribution in [3.63, 3.8) is 0 Å². The van der Waals surface area contributed by atoms with Crippen LogP contribution in [0.15, 0.2) is 46.9 Å². The maximum atomic E-state index is 12.8. The number of hydrogen-bond acceptors (Lipinski definition) is 6. The number of thiophene rings is 1. The summed E-state index contributed by atoms with van der Waals surface area (Å²) in [6.45, 7) is 0.842. The van der Waals surface area contributed by atoms with Crippen molar-refractivity contribution in [1.82, 2.24) is 24.6 Å². The highest BCUT2D eigenvalue weighted by molar-refractivity contribution is 7.91. The number of carbonyl (C=O) groups is 1. The number of aromatic amines is 1. The molecule has 30 heavy (non-hydrogen) atoms. The van der Waals surface area contributed by atoms with Gasteiger partial charge in [-0.05, 0) is 42.1 Å². The number of likely N-dealkylation sites (tertiary alicyclic amines) is 1. The molecule has 0 saturated carbocycles. The van der Waals surface area contributed by atoms with Crippen LogP contribution in [-0.4, -0.2) is 46.8 Å². The third-order valence-electron chi connectivity index (χ3n) is 5.03. The summed E-state index contributed by atoms with van der Waals surface area (Å²) in [7, 11) is -3.86. The van der Waals surface area contributed by atoms with E-state index in [9.17, 15) is 13.2 Å². The Morgan fingerprint density at radius 2 is 2.13 bits per heavy atom. The third kappa shape index (κ3) is 3.45. The van der Waals surface area contributed by atoms with E-state index in [-0.39, 0.29) is 15.3 Å². The zero-order valence-electron chi connectivity index (χ0n) is 15.5. The molecule has 0 aromatic carbocycles. The summed E-state index contributed by atoms with van der Waals surface area (Å²) in [4.78, 5) is 25.9. The van der Waals surface area contributed by atoms with Gasteiger partial charge < -0.3 is 9.88 Å². The van der Waals surface area contributed by atoms with Gasteiger partial charge in [0.15, 0.2) is 0 Å². The Hall–Kier alpha value is -2.53. The Morgan fingerprint density at radius 3 is 2.93 bits per heavy atom. The van der Waals surface area contributed by atoms with Gasteiger partial charge in [-0.15, -0.1) is 11.3 Å². The number of pyridine rings is 2. The van der Waals surface area contributed by atoms with Crippen molar-refractivity contribution in [2.24, 2.45) is 0 Å². The summed E-state index contributed by atoms with van der Waals surface area (Å²) >= 11 is 7.09. The molecule has 0 radical (unpaired) electrons. The number of amides is 1. The highest BCUT2D eigenvalue weighted by Crippen LogP contribution is 2.33. The lowest BCUT2D eigenvalue weighted by Crippen LogP contribution is -2.41. The van der Waals surface area contributed by atoms with E-state index in [1.165, 1.54) is 6.20 Å². The molecule has 1 fully saturated rings. The van der Waals surface area contributed by atoms with Gasteiger partial charge in [-0.1, -0.05) is 11.6 Å². The predicted octanol–water partition coefficient (Wildman–Crippen LogP) is 2.91. The first-order valence-electron chi connectivity index (χ1n) is 9.18. The highest BCUT2D eigenvalue weighted by atomic mass is 35.5. The van der Waals surface area contributed by atoms with E-state index in [4.69, 9.17) is 11.6 Å². The van der Waals surface area contributed by atoms with Crippen molar-refractivity contribution in [3.8, 4) is 0 Å². The first-order chi connectivity index (χ1) is 14.4. The van der Waals surface area contributed by atoms with Crippen molar-refractivity contribution in [2.45, 2.75) is 23.2 Å². The van der Waals surface area contributed by atoms with Crippen molar-refractivity contribution >= 4 is 60.0 Å². The number of fused-ring (bicyclic) bond motifs is 2. The molecular formula is C19H16ClN5O3S2. The Kier molecular flexibility index (Phi) is 4.73. The van der Waals surface area contributed by atoms with Gasteiger partial charge in [-0.2, -0.15) is 4.72 Å². The van der Waals surface area contributed by atoms with Crippen LogP contribution in [0.2, 0.25) is 5.15 Å². The van der Waals surface area contributed by atoms with E-state index in [1.54, 1.807) is 23.2 Å². The fourth-order valence-electron chi connectivity index (χ4n) is 3.59. The van der Waals surface area contributed by atoms with Gasteiger partial charge in [0, 0.05) is 24.6 Å². The Balaban J connectivity index is 1.32. The maximum absolute atomic E-state index is 12.8. The number of rotatable bonds is 5. The molecule has 4 aromatic rings. The number of nitrogens with zero attached hydrogens (tertiary/aromatic N) is 3. The van der Waals surface area contributed by atoms with Crippen molar-refractivity contribution in [3.05, 3.63) is 53.6 Å². The molecule has 4 aromatic heterocycles. The van der Waals surface area contributed by atoms with E-state index in [2.05, 4.69) is 19.7 Å². The van der Waals surface area contributed by atoms with Crippen LogP contribution >= 0.6 is 22.9 Å². The van der Waals surface area contributed by atoms with Crippen LogP contribution < -0.4 is 4.72 Å². The smallest absolute Gasteiger partial charge is 0.250 e. The quantitative estimate of drug-likeness (QED) is 0.444. The van der Waals surface area contributed by atoms with Crippen molar-refractivity contribution < 1.29 is 13.2 Å². The van der Waals surface area contributed by atoms with Gasteiger partial charge in [0.1, 0.15) is 15.4 Å². The van der Waals surface area contributed by atoms with E-state index in [0.29, 0.717) is 29.6 Å².